The van der Waals surface area contributed by atoms with Crippen molar-refractivity contribution in [2.24, 2.45) is 0 Å². The lowest BCUT2D eigenvalue weighted by molar-refractivity contribution is -0.0137. The van der Waals surface area contributed by atoms with E-state index in [4.69, 9.17) is 14.6 Å². The lowest BCUT2D eigenvalue weighted by Crippen LogP contribution is -2.53. The van der Waals surface area contributed by atoms with Gasteiger partial charge >= 0.3 is 5.97 Å². The first-order valence-corrected chi connectivity index (χ1v) is 11.5. The smallest absolute Gasteiger partial charge is 0.335 e. The fraction of sp³-hybridized carbons (Fsp3) is 0.423. The van der Waals surface area contributed by atoms with Gasteiger partial charge in [0.1, 0.15) is 5.75 Å². The Morgan fingerprint density at radius 3 is 2.48 bits per heavy atom. The number of aromatic carboxylic acids is 1. The molecule has 176 valence electrons. The summed E-state index contributed by atoms with van der Waals surface area (Å²) in [6, 6.07) is 13.8. The molecule has 0 atom stereocenters. The number of aromatic amines is 1. The number of ether oxygens (including phenoxy) is 2. The first-order chi connectivity index (χ1) is 16.0. The zero-order valence-electron chi connectivity index (χ0n) is 19.3. The molecule has 2 aliphatic rings. The molecule has 2 aliphatic heterocycles. The second kappa shape index (κ2) is 10.8. The molecule has 2 fully saturated rings. The largest absolute Gasteiger partial charge is 0.496 e. The summed E-state index contributed by atoms with van der Waals surface area (Å²) in [4.78, 5) is 16.1. The first-order valence-electron chi connectivity index (χ1n) is 11.5. The van der Waals surface area contributed by atoms with Gasteiger partial charge in [-0.2, -0.15) is 0 Å². The lowest BCUT2D eigenvalue weighted by atomic mass is 10.0. The molecule has 3 aromatic rings. The summed E-state index contributed by atoms with van der Waals surface area (Å²) < 4.78 is 10.9. The monoisotopic (exact) mass is 451 g/mol. The van der Waals surface area contributed by atoms with Crippen LogP contribution in [-0.4, -0.2) is 66.5 Å². The fourth-order valence-corrected chi connectivity index (χ4v) is 4.51. The van der Waals surface area contributed by atoms with Crippen molar-refractivity contribution >= 4 is 16.9 Å². The van der Waals surface area contributed by atoms with E-state index < -0.39 is 5.97 Å². The minimum atomic E-state index is -0.879. The van der Waals surface area contributed by atoms with Crippen molar-refractivity contribution in [2.75, 3.05) is 33.4 Å². The standard InChI is InChI=1S/C19H27N3O2.C7H6O2/c1-13-9-18(23-2)17(16-3-6-20-19(13)16)10-22-7-4-14(5-8-22)21-15-11-24-12-15;8-7(9)6-4-2-1-3-5-6/h3,6,9,14-15,20-21H,4-5,7-8,10-12H2,1-2H3;1-5H,(H,8,9). The summed E-state index contributed by atoms with van der Waals surface area (Å²) >= 11 is 0. The summed E-state index contributed by atoms with van der Waals surface area (Å²) in [5, 5.41) is 13.4. The van der Waals surface area contributed by atoms with Gasteiger partial charge in [-0.3, -0.25) is 4.90 Å². The Balaban J connectivity index is 0.000000243. The maximum absolute atomic E-state index is 10.2. The number of carboxylic acids is 1. The molecule has 0 aliphatic carbocycles. The third-order valence-electron chi connectivity index (χ3n) is 6.43. The Morgan fingerprint density at radius 1 is 1.18 bits per heavy atom. The van der Waals surface area contributed by atoms with Gasteiger partial charge in [0, 0.05) is 35.2 Å². The number of hydrogen-bond acceptors (Lipinski definition) is 5. The Bertz CT molecular complexity index is 1050. The summed E-state index contributed by atoms with van der Waals surface area (Å²) in [5.41, 5.74) is 4.10. The van der Waals surface area contributed by atoms with Crippen LogP contribution in [0.25, 0.3) is 10.9 Å². The minimum absolute atomic E-state index is 0.331. The van der Waals surface area contributed by atoms with Crippen molar-refractivity contribution in [1.29, 1.82) is 0 Å². The van der Waals surface area contributed by atoms with Gasteiger partial charge in [-0.05, 0) is 62.7 Å². The third-order valence-corrected chi connectivity index (χ3v) is 6.43. The van der Waals surface area contributed by atoms with E-state index in [-0.39, 0.29) is 0 Å². The van der Waals surface area contributed by atoms with Crippen LogP contribution in [0.15, 0.2) is 48.7 Å². The number of H-pyrrole nitrogens is 1. The fourth-order valence-electron chi connectivity index (χ4n) is 4.51. The summed E-state index contributed by atoms with van der Waals surface area (Å²) in [6.07, 6.45) is 4.44. The molecule has 0 spiro atoms. The molecule has 3 N–H and O–H groups in total. The van der Waals surface area contributed by atoms with Gasteiger partial charge in [0.25, 0.3) is 0 Å². The number of fused-ring (bicyclic) bond motifs is 1. The third kappa shape index (κ3) is 5.74. The predicted octanol–water partition coefficient (Wildman–Crippen LogP) is 3.82. The lowest BCUT2D eigenvalue weighted by Gasteiger charge is -2.37. The molecule has 0 radical (unpaired) electrons. The van der Waals surface area contributed by atoms with Crippen molar-refractivity contribution in [1.82, 2.24) is 15.2 Å². The second-order valence-electron chi connectivity index (χ2n) is 8.76. The van der Waals surface area contributed by atoms with Crippen LogP contribution in [-0.2, 0) is 11.3 Å². The second-order valence-corrected chi connectivity index (χ2v) is 8.76. The van der Waals surface area contributed by atoms with Crippen LogP contribution in [0.2, 0.25) is 0 Å². The number of carboxylic acid groups (broad SMARTS) is 1. The molecule has 0 saturated carbocycles. The summed E-state index contributed by atoms with van der Waals surface area (Å²) in [5.74, 6) is 0.127. The molecule has 7 nitrogen and oxygen atoms in total. The number of nitrogens with zero attached hydrogens (tertiary/aromatic N) is 1. The Labute approximate surface area is 194 Å². The normalized spacial score (nSPS) is 17.3. The van der Waals surface area contributed by atoms with E-state index in [1.165, 1.54) is 34.9 Å². The molecule has 2 saturated heterocycles. The van der Waals surface area contributed by atoms with E-state index in [9.17, 15) is 4.79 Å². The molecule has 0 amide bonds. The van der Waals surface area contributed by atoms with Crippen LogP contribution < -0.4 is 10.1 Å². The van der Waals surface area contributed by atoms with E-state index in [0.29, 0.717) is 17.6 Å². The van der Waals surface area contributed by atoms with Crippen LogP contribution in [0, 0.1) is 6.92 Å². The Kier molecular flexibility index (Phi) is 7.65. The number of carbonyl (C=O) groups is 1. The maximum atomic E-state index is 10.2. The average molecular weight is 452 g/mol. The minimum Gasteiger partial charge on any atom is -0.496 e. The molecule has 33 heavy (non-hydrogen) atoms. The van der Waals surface area contributed by atoms with Gasteiger partial charge in [0.05, 0.1) is 31.9 Å². The molecule has 0 bridgehead atoms. The SMILES string of the molecule is COc1cc(C)c2[nH]ccc2c1CN1CCC(NC2COC2)CC1.O=C(O)c1ccccc1. The number of aryl methyl sites for hydroxylation is 1. The van der Waals surface area contributed by atoms with Crippen LogP contribution in [0.3, 0.4) is 0 Å². The van der Waals surface area contributed by atoms with Crippen molar-refractivity contribution < 1.29 is 19.4 Å². The number of benzene rings is 2. The maximum Gasteiger partial charge on any atom is 0.335 e. The highest BCUT2D eigenvalue weighted by Gasteiger charge is 2.26. The van der Waals surface area contributed by atoms with Crippen molar-refractivity contribution in [3.05, 3.63) is 65.4 Å². The molecule has 3 heterocycles. The number of methoxy groups -OCH3 is 1. The number of piperidine rings is 1. The topological polar surface area (TPSA) is 86.8 Å². The van der Waals surface area contributed by atoms with Gasteiger partial charge in [0.15, 0.2) is 0 Å². The molecule has 1 aromatic heterocycles. The van der Waals surface area contributed by atoms with Crippen LogP contribution >= 0.6 is 0 Å². The Hall–Kier alpha value is -2.87. The van der Waals surface area contributed by atoms with Gasteiger partial charge in [-0.25, -0.2) is 4.79 Å². The zero-order valence-corrected chi connectivity index (χ0v) is 19.3. The van der Waals surface area contributed by atoms with E-state index in [1.807, 2.05) is 6.20 Å². The van der Waals surface area contributed by atoms with E-state index in [0.717, 1.165) is 38.6 Å². The molecular weight excluding hydrogens is 418 g/mol. The van der Waals surface area contributed by atoms with Crippen LogP contribution in [0.5, 0.6) is 5.75 Å². The zero-order chi connectivity index (χ0) is 23.2. The van der Waals surface area contributed by atoms with Crippen molar-refractivity contribution in [2.45, 2.75) is 38.4 Å². The average Bonchev–Trinajstić information content (AvgIpc) is 3.31. The number of nitrogens with one attached hydrogen (secondary N) is 2. The molecule has 2 aromatic carbocycles. The highest BCUT2D eigenvalue weighted by Crippen LogP contribution is 2.32. The number of likely N-dealkylation sites (tertiary alicyclic amines) is 1. The van der Waals surface area contributed by atoms with Crippen LogP contribution in [0.4, 0.5) is 0 Å². The molecule has 5 rings (SSSR count). The summed E-state index contributed by atoms with van der Waals surface area (Å²) in [6.45, 7) is 7.12. The van der Waals surface area contributed by atoms with E-state index in [2.05, 4.69) is 34.3 Å². The van der Waals surface area contributed by atoms with Gasteiger partial charge < -0.3 is 24.9 Å². The molecular formula is C26H33N3O4. The Morgan fingerprint density at radius 2 is 1.91 bits per heavy atom. The van der Waals surface area contributed by atoms with E-state index >= 15 is 0 Å². The van der Waals surface area contributed by atoms with Crippen molar-refractivity contribution in [3.8, 4) is 5.75 Å². The quantitative estimate of drug-likeness (QED) is 0.528. The van der Waals surface area contributed by atoms with Gasteiger partial charge in [0.2, 0.25) is 0 Å². The van der Waals surface area contributed by atoms with Crippen LogP contribution in [0.1, 0.15) is 34.3 Å². The highest BCUT2D eigenvalue weighted by atomic mass is 16.5. The van der Waals surface area contributed by atoms with E-state index in [1.54, 1.807) is 37.4 Å². The number of aromatic nitrogens is 1. The number of hydrogen-bond donors (Lipinski definition) is 3. The molecule has 0 unspecified atom stereocenters. The van der Waals surface area contributed by atoms with Gasteiger partial charge in [-0.1, -0.05) is 18.2 Å². The summed E-state index contributed by atoms with van der Waals surface area (Å²) in [7, 11) is 1.77. The van der Waals surface area contributed by atoms with Gasteiger partial charge in [-0.15, -0.1) is 0 Å². The molecule has 7 heteroatoms. The first kappa shape index (κ1) is 23.3. The predicted molar refractivity (Wildman–Crippen MR) is 129 cm³/mol. The number of rotatable bonds is 6. The highest BCUT2D eigenvalue weighted by molar-refractivity contribution is 5.88. The van der Waals surface area contributed by atoms with Crippen molar-refractivity contribution in [3.63, 3.8) is 0 Å².